The molecule has 1 saturated heterocycles. The van der Waals surface area contributed by atoms with Crippen molar-refractivity contribution in [2.75, 3.05) is 24.5 Å². The number of halogens is 1. The van der Waals surface area contributed by atoms with Crippen LogP contribution in [0.2, 0.25) is 0 Å². The first kappa shape index (κ1) is 13.3. The molecule has 0 aliphatic carbocycles. The standard InChI is InChI=1S/C15H23FN2/c1-4-17-15-7-8-18(10-12(15)3)13-6-5-11(2)14(16)9-13/h5-6,9,12,15,17H,4,7-8,10H2,1-3H3. The molecule has 3 heteroatoms. The highest BCUT2D eigenvalue weighted by atomic mass is 19.1. The quantitative estimate of drug-likeness (QED) is 0.887. The van der Waals surface area contributed by atoms with Gasteiger partial charge in [-0.05, 0) is 43.5 Å². The Morgan fingerprint density at radius 2 is 2.22 bits per heavy atom. The highest BCUT2D eigenvalue weighted by Crippen LogP contribution is 2.24. The highest BCUT2D eigenvalue weighted by molar-refractivity contribution is 5.48. The predicted molar refractivity (Wildman–Crippen MR) is 74.6 cm³/mol. The predicted octanol–water partition coefficient (Wildman–Crippen LogP) is 2.96. The molecule has 2 unspecified atom stereocenters. The molecule has 100 valence electrons. The molecule has 1 N–H and O–H groups in total. The Labute approximate surface area is 109 Å². The molecule has 0 bridgehead atoms. The third-order valence-electron chi connectivity index (χ3n) is 3.89. The van der Waals surface area contributed by atoms with Crippen LogP contribution in [0, 0.1) is 18.7 Å². The van der Waals surface area contributed by atoms with Crippen molar-refractivity contribution >= 4 is 5.69 Å². The van der Waals surface area contributed by atoms with Crippen LogP contribution in [-0.2, 0) is 0 Å². The molecule has 0 aromatic heterocycles. The molecule has 1 fully saturated rings. The lowest BCUT2D eigenvalue weighted by atomic mass is 9.93. The lowest BCUT2D eigenvalue weighted by Gasteiger charge is -2.38. The van der Waals surface area contributed by atoms with Crippen molar-refractivity contribution < 1.29 is 4.39 Å². The number of aryl methyl sites for hydroxylation is 1. The van der Waals surface area contributed by atoms with Crippen molar-refractivity contribution in [3.63, 3.8) is 0 Å². The summed E-state index contributed by atoms with van der Waals surface area (Å²) in [5.74, 6) is 0.497. The molecule has 1 aliphatic heterocycles. The minimum absolute atomic E-state index is 0.103. The van der Waals surface area contributed by atoms with E-state index in [9.17, 15) is 4.39 Å². The smallest absolute Gasteiger partial charge is 0.128 e. The molecule has 1 aromatic carbocycles. The fourth-order valence-corrected chi connectivity index (χ4v) is 2.72. The van der Waals surface area contributed by atoms with Crippen molar-refractivity contribution in [2.24, 2.45) is 5.92 Å². The van der Waals surface area contributed by atoms with Gasteiger partial charge in [0.25, 0.3) is 0 Å². The van der Waals surface area contributed by atoms with Crippen LogP contribution in [0.5, 0.6) is 0 Å². The van der Waals surface area contributed by atoms with E-state index in [4.69, 9.17) is 0 Å². The molecule has 2 rings (SSSR count). The molecule has 2 atom stereocenters. The number of benzene rings is 1. The van der Waals surface area contributed by atoms with Crippen molar-refractivity contribution in [2.45, 2.75) is 33.2 Å². The minimum Gasteiger partial charge on any atom is -0.371 e. The summed E-state index contributed by atoms with van der Waals surface area (Å²) in [6.07, 6.45) is 1.13. The summed E-state index contributed by atoms with van der Waals surface area (Å²) >= 11 is 0. The van der Waals surface area contributed by atoms with Crippen LogP contribution in [-0.4, -0.2) is 25.7 Å². The molecule has 0 radical (unpaired) electrons. The van der Waals surface area contributed by atoms with Gasteiger partial charge in [-0.1, -0.05) is 19.9 Å². The molecule has 0 spiro atoms. The maximum atomic E-state index is 13.6. The first-order valence-electron chi connectivity index (χ1n) is 6.86. The van der Waals surface area contributed by atoms with E-state index in [1.165, 1.54) is 0 Å². The van der Waals surface area contributed by atoms with E-state index in [-0.39, 0.29) is 5.82 Å². The monoisotopic (exact) mass is 250 g/mol. The van der Waals surface area contributed by atoms with Crippen LogP contribution in [0.25, 0.3) is 0 Å². The SMILES string of the molecule is CCNC1CCN(c2ccc(C)c(F)c2)CC1C. The van der Waals surface area contributed by atoms with Gasteiger partial charge < -0.3 is 10.2 Å². The van der Waals surface area contributed by atoms with Crippen LogP contribution in [0.3, 0.4) is 0 Å². The summed E-state index contributed by atoms with van der Waals surface area (Å²) in [5.41, 5.74) is 1.73. The summed E-state index contributed by atoms with van der Waals surface area (Å²) in [4.78, 5) is 2.29. The molecule has 1 aromatic rings. The van der Waals surface area contributed by atoms with Crippen LogP contribution in [0.15, 0.2) is 18.2 Å². The summed E-state index contributed by atoms with van der Waals surface area (Å²) in [6, 6.07) is 6.15. The number of rotatable bonds is 3. The number of anilines is 1. The van der Waals surface area contributed by atoms with E-state index in [0.717, 1.165) is 31.7 Å². The van der Waals surface area contributed by atoms with E-state index in [2.05, 4.69) is 24.1 Å². The molecule has 18 heavy (non-hydrogen) atoms. The molecule has 1 aliphatic rings. The molecule has 0 amide bonds. The topological polar surface area (TPSA) is 15.3 Å². The second kappa shape index (κ2) is 5.70. The van der Waals surface area contributed by atoms with E-state index in [1.807, 2.05) is 12.1 Å². The Bertz CT molecular complexity index is 405. The fourth-order valence-electron chi connectivity index (χ4n) is 2.72. The van der Waals surface area contributed by atoms with Gasteiger partial charge in [-0.2, -0.15) is 0 Å². The molecular weight excluding hydrogens is 227 g/mol. The number of nitrogens with one attached hydrogen (secondary N) is 1. The zero-order valence-electron chi connectivity index (χ0n) is 11.5. The number of hydrogen-bond acceptors (Lipinski definition) is 2. The van der Waals surface area contributed by atoms with Crippen molar-refractivity contribution in [1.29, 1.82) is 0 Å². The van der Waals surface area contributed by atoms with Gasteiger partial charge in [0.2, 0.25) is 0 Å². The summed E-state index contributed by atoms with van der Waals surface area (Å²) in [6.45, 7) is 9.25. The highest BCUT2D eigenvalue weighted by Gasteiger charge is 2.25. The normalized spacial score (nSPS) is 24.3. The average Bonchev–Trinajstić information content (AvgIpc) is 2.35. The lowest BCUT2D eigenvalue weighted by molar-refractivity contribution is 0.326. The zero-order valence-corrected chi connectivity index (χ0v) is 11.5. The second-order valence-corrected chi connectivity index (χ2v) is 5.31. The first-order chi connectivity index (χ1) is 8.61. The van der Waals surface area contributed by atoms with Crippen molar-refractivity contribution in [3.05, 3.63) is 29.6 Å². The van der Waals surface area contributed by atoms with Gasteiger partial charge in [-0.15, -0.1) is 0 Å². The van der Waals surface area contributed by atoms with Crippen LogP contribution in [0.1, 0.15) is 25.8 Å². The first-order valence-corrected chi connectivity index (χ1v) is 6.86. The van der Waals surface area contributed by atoms with Crippen LogP contribution >= 0.6 is 0 Å². The molecule has 0 saturated carbocycles. The van der Waals surface area contributed by atoms with Crippen LogP contribution in [0.4, 0.5) is 10.1 Å². The molecule has 1 heterocycles. The van der Waals surface area contributed by atoms with Gasteiger partial charge in [0.05, 0.1) is 0 Å². The van der Waals surface area contributed by atoms with Gasteiger partial charge in [-0.25, -0.2) is 4.39 Å². The average molecular weight is 250 g/mol. The summed E-state index contributed by atoms with van der Waals surface area (Å²) < 4.78 is 13.6. The molecule has 2 nitrogen and oxygen atoms in total. The van der Waals surface area contributed by atoms with E-state index >= 15 is 0 Å². The van der Waals surface area contributed by atoms with Gasteiger partial charge >= 0.3 is 0 Å². The summed E-state index contributed by atoms with van der Waals surface area (Å²) in [5, 5.41) is 3.53. The van der Waals surface area contributed by atoms with Gasteiger partial charge in [0, 0.05) is 24.8 Å². The number of piperidine rings is 1. The third-order valence-corrected chi connectivity index (χ3v) is 3.89. The van der Waals surface area contributed by atoms with Gasteiger partial charge in [0.1, 0.15) is 5.82 Å². The van der Waals surface area contributed by atoms with E-state index in [0.29, 0.717) is 17.5 Å². The Balaban J connectivity index is 2.05. The maximum absolute atomic E-state index is 13.6. The van der Waals surface area contributed by atoms with E-state index in [1.54, 1.807) is 13.0 Å². The molecular formula is C15H23FN2. The lowest BCUT2D eigenvalue weighted by Crippen LogP contribution is -2.48. The van der Waals surface area contributed by atoms with Gasteiger partial charge in [-0.3, -0.25) is 0 Å². The Morgan fingerprint density at radius 3 is 2.83 bits per heavy atom. The number of nitrogens with zero attached hydrogens (tertiary/aromatic N) is 1. The van der Waals surface area contributed by atoms with Gasteiger partial charge in [0.15, 0.2) is 0 Å². The zero-order chi connectivity index (χ0) is 13.1. The number of hydrogen-bond donors (Lipinski definition) is 1. The largest absolute Gasteiger partial charge is 0.371 e. The fraction of sp³-hybridized carbons (Fsp3) is 0.600. The Kier molecular flexibility index (Phi) is 4.23. The van der Waals surface area contributed by atoms with Crippen molar-refractivity contribution in [3.8, 4) is 0 Å². The minimum atomic E-state index is -0.103. The summed E-state index contributed by atoms with van der Waals surface area (Å²) in [7, 11) is 0. The Morgan fingerprint density at radius 1 is 1.44 bits per heavy atom. The Hall–Kier alpha value is -1.09. The third kappa shape index (κ3) is 2.83. The van der Waals surface area contributed by atoms with E-state index < -0.39 is 0 Å². The second-order valence-electron chi connectivity index (χ2n) is 5.31. The van der Waals surface area contributed by atoms with Crippen LogP contribution < -0.4 is 10.2 Å². The maximum Gasteiger partial charge on any atom is 0.128 e. The van der Waals surface area contributed by atoms with Crippen molar-refractivity contribution in [1.82, 2.24) is 5.32 Å².